The molecule has 4 aromatic rings. The molecule has 5 rings (SSSR count). The topological polar surface area (TPSA) is 99.5 Å². The van der Waals surface area contributed by atoms with Crippen molar-refractivity contribution in [2.24, 2.45) is 0 Å². The molecule has 0 unspecified atom stereocenters. The molecule has 0 fully saturated rings. The highest BCUT2D eigenvalue weighted by Gasteiger charge is 2.34. The number of methoxy groups -OCH3 is 2. The van der Waals surface area contributed by atoms with Crippen molar-refractivity contribution < 1.29 is 19.0 Å². The number of allylic oxidation sites excluding steroid dienone is 1. The van der Waals surface area contributed by atoms with Crippen LogP contribution in [0.5, 0.6) is 17.2 Å². The summed E-state index contributed by atoms with van der Waals surface area (Å²) in [6.07, 6.45) is 1.46. The normalized spacial score (nSPS) is 14.4. The molecule has 1 aromatic heterocycles. The molecule has 1 aliphatic rings. The average molecular weight is 498 g/mol. The molecule has 37 heavy (non-hydrogen) atoms. The molecule has 2 N–H and O–H groups in total. The summed E-state index contributed by atoms with van der Waals surface area (Å²) in [5.41, 5.74) is 3.69. The van der Waals surface area contributed by atoms with Crippen LogP contribution >= 0.6 is 0 Å². The summed E-state index contributed by atoms with van der Waals surface area (Å²) in [5.74, 6) is 2.16. The van der Waals surface area contributed by atoms with Crippen LogP contribution < -0.4 is 24.8 Å². The molecular weight excluding hydrogens is 470 g/mol. The largest absolute Gasteiger partial charge is 0.497 e. The Bertz CT molecular complexity index is 1430. The van der Waals surface area contributed by atoms with E-state index in [0.717, 1.165) is 11.1 Å². The van der Waals surface area contributed by atoms with E-state index in [-0.39, 0.29) is 5.91 Å². The average Bonchev–Trinajstić information content (AvgIpc) is 3.40. The second-order valence-electron chi connectivity index (χ2n) is 8.46. The summed E-state index contributed by atoms with van der Waals surface area (Å²) in [6.45, 7) is 2.26. The van der Waals surface area contributed by atoms with Gasteiger partial charge in [-0.25, -0.2) is 4.68 Å². The number of benzene rings is 3. The number of fused-ring (bicyclic) bond motifs is 1. The van der Waals surface area contributed by atoms with E-state index in [0.29, 0.717) is 46.8 Å². The number of nitrogens with zero attached hydrogens (tertiary/aromatic N) is 3. The summed E-state index contributed by atoms with van der Waals surface area (Å²) in [4.78, 5) is 17.9. The van der Waals surface area contributed by atoms with Crippen molar-refractivity contribution in [1.82, 2.24) is 14.8 Å². The van der Waals surface area contributed by atoms with Gasteiger partial charge < -0.3 is 24.8 Å². The molecule has 0 saturated heterocycles. The van der Waals surface area contributed by atoms with Gasteiger partial charge in [-0.1, -0.05) is 36.4 Å². The van der Waals surface area contributed by atoms with Gasteiger partial charge in [-0.3, -0.25) is 4.79 Å². The molecule has 1 amide bonds. The highest BCUT2D eigenvalue weighted by atomic mass is 16.5. The van der Waals surface area contributed by atoms with Crippen molar-refractivity contribution in [2.75, 3.05) is 24.9 Å². The molecule has 1 atom stereocenters. The van der Waals surface area contributed by atoms with Crippen molar-refractivity contribution in [3.8, 4) is 17.2 Å². The first-order valence-corrected chi connectivity index (χ1v) is 11.7. The molecule has 0 spiro atoms. The minimum absolute atomic E-state index is 0.260. The lowest BCUT2D eigenvalue weighted by molar-refractivity contribution is -0.113. The molecule has 188 valence electrons. The lowest BCUT2D eigenvalue weighted by atomic mass is 9.94. The van der Waals surface area contributed by atoms with Crippen molar-refractivity contribution in [2.45, 2.75) is 19.6 Å². The summed E-state index contributed by atoms with van der Waals surface area (Å²) in [7, 11) is 3.19. The zero-order valence-electron chi connectivity index (χ0n) is 20.8. The van der Waals surface area contributed by atoms with E-state index in [2.05, 4.69) is 20.7 Å². The summed E-state index contributed by atoms with van der Waals surface area (Å²) < 4.78 is 18.6. The minimum atomic E-state index is -0.533. The number of amides is 1. The fraction of sp³-hybridized carbons (Fsp3) is 0.179. The first-order valence-electron chi connectivity index (χ1n) is 11.7. The third-order valence-electron chi connectivity index (χ3n) is 6.13. The molecule has 0 bridgehead atoms. The number of anilines is 2. The maximum Gasteiger partial charge on any atom is 0.255 e. The van der Waals surface area contributed by atoms with Crippen LogP contribution in [0, 0.1) is 0 Å². The number of hydrogen-bond acceptors (Lipinski definition) is 7. The van der Waals surface area contributed by atoms with Crippen LogP contribution in [0.1, 0.15) is 24.1 Å². The third kappa shape index (κ3) is 4.97. The number of carbonyl (C=O) groups is 1. The van der Waals surface area contributed by atoms with E-state index in [9.17, 15) is 4.79 Å². The predicted octanol–water partition coefficient (Wildman–Crippen LogP) is 4.80. The van der Waals surface area contributed by atoms with E-state index < -0.39 is 6.04 Å². The molecule has 0 radical (unpaired) electrons. The summed E-state index contributed by atoms with van der Waals surface area (Å²) >= 11 is 0. The van der Waals surface area contributed by atoms with E-state index in [1.807, 2.05) is 55.5 Å². The Morgan fingerprint density at radius 2 is 1.78 bits per heavy atom. The summed E-state index contributed by atoms with van der Waals surface area (Å²) in [5, 5.41) is 10.6. The van der Waals surface area contributed by atoms with Crippen LogP contribution in [0.4, 0.5) is 11.6 Å². The van der Waals surface area contributed by atoms with Gasteiger partial charge in [0.25, 0.3) is 5.91 Å². The standard InChI is InChI=1S/C28H27N5O4/c1-18-25(27(34)32-21-10-12-22(35-2)13-11-21)26(33-28(31-18)29-17-30-33)20-9-14-23(24(15-20)36-3)37-16-19-7-5-4-6-8-19/h4-15,17,26H,16H2,1-3H3,(H,32,34)(H,29,30,31)/t26-/m0/s1. The van der Waals surface area contributed by atoms with Gasteiger partial charge in [-0.2, -0.15) is 10.1 Å². The van der Waals surface area contributed by atoms with Gasteiger partial charge in [0.1, 0.15) is 24.7 Å². The Balaban J connectivity index is 1.46. The monoisotopic (exact) mass is 497 g/mol. The lowest BCUT2D eigenvalue weighted by Gasteiger charge is -2.29. The molecule has 1 aliphatic heterocycles. The zero-order chi connectivity index (χ0) is 25.8. The van der Waals surface area contributed by atoms with Gasteiger partial charge in [0.15, 0.2) is 11.5 Å². The highest BCUT2D eigenvalue weighted by molar-refractivity contribution is 6.06. The van der Waals surface area contributed by atoms with E-state index in [1.54, 1.807) is 43.2 Å². The zero-order valence-corrected chi connectivity index (χ0v) is 20.8. The van der Waals surface area contributed by atoms with Crippen molar-refractivity contribution in [1.29, 1.82) is 0 Å². The fourth-order valence-corrected chi connectivity index (χ4v) is 4.27. The Morgan fingerprint density at radius 3 is 2.51 bits per heavy atom. The molecule has 3 aromatic carbocycles. The smallest absolute Gasteiger partial charge is 0.255 e. The molecule has 9 heteroatoms. The number of nitrogens with one attached hydrogen (secondary N) is 2. The number of carbonyl (C=O) groups excluding carboxylic acids is 1. The molecule has 2 heterocycles. The highest BCUT2D eigenvalue weighted by Crippen LogP contribution is 2.39. The van der Waals surface area contributed by atoms with Crippen LogP contribution in [0.3, 0.4) is 0 Å². The second kappa shape index (κ2) is 10.4. The number of hydrogen-bond donors (Lipinski definition) is 2. The fourth-order valence-electron chi connectivity index (χ4n) is 4.27. The van der Waals surface area contributed by atoms with Crippen LogP contribution in [0.25, 0.3) is 0 Å². The van der Waals surface area contributed by atoms with Gasteiger partial charge in [-0.15, -0.1) is 0 Å². The van der Waals surface area contributed by atoms with Gasteiger partial charge in [0.2, 0.25) is 5.95 Å². The van der Waals surface area contributed by atoms with Crippen LogP contribution in [0.15, 0.2) is 90.4 Å². The Hall–Kier alpha value is -4.79. The molecule has 0 saturated carbocycles. The maximum atomic E-state index is 13.6. The van der Waals surface area contributed by atoms with Gasteiger partial charge in [-0.05, 0) is 54.4 Å². The quantitative estimate of drug-likeness (QED) is 0.361. The minimum Gasteiger partial charge on any atom is -0.497 e. The van der Waals surface area contributed by atoms with Crippen LogP contribution in [-0.2, 0) is 11.4 Å². The van der Waals surface area contributed by atoms with Crippen molar-refractivity contribution in [3.05, 3.63) is 102 Å². The van der Waals surface area contributed by atoms with Crippen LogP contribution in [-0.4, -0.2) is 34.9 Å². The first kappa shape index (κ1) is 23.9. The maximum absolute atomic E-state index is 13.6. The van der Waals surface area contributed by atoms with Crippen molar-refractivity contribution >= 4 is 17.5 Å². The Morgan fingerprint density at radius 1 is 1.00 bits per heavy atom. The van der Waals surface area contributed by atoms with E-state index in [4.69, 9.17) is 14.2 Å². The molecule has 9 nitrogen and oxygen atoms in total. The van der Waals surface area contributed by atoms with Gasteiger partial charge >= 0.3 is 0 Å². The SMILES string of the molecule is COc1ccc(NC(=O)C2=C(C)Nc3ncnn3[C@H]2c2ccc(OCc3ccccc3)c(OC)c2)cc1. The van der Waals surface area contributed by atoms with Crippen molar-refractivity contribution in [3.63, 3.8) is 0 Å². The van der Waals surface area contributed by atoms with Gasteiger partial charge in [0.05, 0.1) is 19.8 Å². The van der Waals surface area contributed by atoms with E-state index in [1.165, 1.54) is 6.33 Å². The Labute approximate surface area is 214 Å². The van der Waals surface area contributed by atoms with Gasteiger partial charge in [0, 0.05) is 11.4 Å². The molecular formula is C28H27N5O4. The van der Waals surface area contributed by atoms with Crippen LogP contribution in [0.2, 0.25) is 0 Å². The first-order chi connectivity index (χ1) is 18.1. The number of ether oxygens (including phenoxy) is 3. The number of rotatable bonds is 8. The van der Waals surface area contributed by atoms with E-state index >= 15 is 0 Å². The third-order valence-corrected chi connectivity index (χ3v) is 6.13. The second-order valence-corrected chi connectivity index (χ2v) is 8.46. The lowest BCUT2D eigenvalue weighted by Crippen LogP contribution is -2.31. The molecule has 0 aliphatic carbocycles. The predicted molar refractivity (Wildman–Crippen MR) is 140 cm³/mol. The summed E-state index contributed by atoms with van der Waals surface area (Å²) in [6, 6.07) is 22.2. The number of aromatic nitrogens is 3. The Kier molecular flexibility index (Phi) is 6.76.